The first-order valence-corrected chi connectivity index (χ1v) is 6.41. The Labute approximate surface area is 112 Å². The molecule has 0 aliphatic rings. The van der Waals surface area contributed by atoms with Gasteiger partial charge in [0.05, 0.1) is 11.4 Å². The van der Waals surface area contributed by atoms with E-state index in [1.807, 2.05) is 37.3 Å². The highest BCUT2D eigenvalue weighted by atomic mass is 16.4. The van der Waals surface area contributed by atoms with Crippen molar-refractivity contribution in [1.29, 1.82) is 0 Å². The normalized spacial score (nSPS) is 12.3. The minimum absolute atomic E-state index is 0.332. The summed E-state index contributed by atoms with van der Waals surface area (Å²) in [7, 11) is 0. The van der Waals surface area contributed by atoms with Crippen molar-refractivity contribution in [2.24, 2.45) is 5.92 Å². The van der Waals surface area contributed by atoms with Gasteiger partial charge in [0.2, 0.25) is 0 Å². The van der Waals surface area contributed by atoms with Crippen molar-refractivity contribution in [1.82, 2.24) is 4.98 Å². The third-order valence-electron chi connectivity index (χ3n) is 3.16. The predicted molar refractivity (Wildman–Crippen MR) is 76.4 cm³/mol. The van der Waals surface area contributed by atoms with Crippen molar-refractivity contribution < 1.29 is 9.90 Å². The Kier molecular flexibility index (Phi) is 4.00. The molecule has 4 heteroatoms. The summed E-state index contributed by atoms with van der Waals surface area (Å²) in [5.74, 6) is -1.08. The Bertz CT molecular complexity index is 596. The predicted octanol–water partition coefficient (Wildman–Crippen LogP) is 3.07. The van der Waals surface area contributed by atoms with E-state index in [1.165, 1.54) is 0 Å². The second kappa shape index (κ2) is 5.69. The van der Waals surface area contributed by atoms with Crippen LogP contribution in [0.25, 0.3) is 10.9 Å². The fourth-order valence-corrected chi connectivity index (χ4v) is 2.00. The Balaban J connectivity index is 2.14. The lowest BCUT2D eigenvalue weighted by Crippen LogP contribution is -2.14. The van der Waals surface area contributed by atoms with Crippen molar-refractivity contribution in [3.63, 3.8) is 0 Å². The summed E-state index contributed by atoms with van der Waals surface area (Å²) in [5.41, 5.74) is 2.92. The molecule has 0 aliphatic carbocycles. The molecule has 1 atom stereocenters. The maximum atomic E-state index is 10.8. The van der Waals surface area contributed by atoms with Crippen LogP contribution in [0.1, 0.15) is 19.0 Å². The SMILES string of the molecule is Cc1cc(NCCC(C)C(=O)O)c2ccccc2n1. The lowest BCUT2D eigenvalue weighted by atomic mass is 10.1. The molecule has 0 spiro atoms. The number of rotatable bonds is 5. The quantitative estimate of drug-likeness (QED) is 0.865. The van der Waals surface area contributed by atoms with Gasteiger partial charge in [-0.2, -0.15) is 0 Å². The number of nitrogens with zero attached hydrogens (tertiary/aromatic N) is 1. The van der Waals surface area contributed by atoms with E-state index in [-0.39, 0.29) is 5.92 Å². The highest BCUT2D eigenvalue weighted by molar-refractivity contribution is 5.91. The number of fused-ring (bicyclic) bond motifs is 1. The number of anilines is 1. The van der Waals surface area contributed by atoms with E-state index >= 15 is 0 Å². The van der Waals surface area contributed by atoms with Gasteiger partial charge in [0.1, 0.15) is 0 Å². The fraction of sp³-hybridized carbons (Fsp3) is 0.333. The van der Waals surface area contributed by atoms with Crippen LogP contribution in [0.15, 0.2) is 30.3 Å². The number of carbonyl (C=O) groups is 1. The number of para-hydroxylation sites is 1. The zero-order chi connectivity index (χ0) is 13.8. The van der Waals surface area contributed by atoms with Crippen molar-refractivity contribution in [2.75, 3.05) is 11.9 Å². The fourth-order valence-electron chi connectivity index (χ4n) is 2.00. The molecular formula is C15H18N2O2. The molecule has 2 aromatic rings. The average molecular weight is 258 g/mol. The van der Waals surface area contributed by atoms with E-state index in [4.69, 9.17) is 5.11 Å². The molecule has 0 aliphatic heterocycles. The third kappa shape index (κ3) is 3.22. The molecule has 0 fully saturated rings. The smallest absolute Gasteiger partial charge is 0.306 e. The topological polar surface area (TPSA) is 62.2 Å². The molecule has 2 rings (SSSR count). The summed E-state index contributed by atoms with van der Waals surface area (Å²) >= 11 is 0. The first-order chi connectivity index (χ1) is 9.08. The number of aliphatic carboxylic acids is 1. The molecule has 4 nitrogen and oxygen atoms in total. The van der Waals surface area contributed by atoms with Gasteiger partial charge in [-0.25, -0.2) is 0 Å². The Morgan fingerprint density at radius 1 is 1.42 bits per heavy atom. The summed E-state index contributed by atoms with van der Waals surface area (Å²) in [6, 6.07) is 9.93. The van der Waals surface area contributed by atoms with Crippen LogP contribution in [0.4, 0.5) is 5.69 Å². The van der Waals surface area contributed by atoms with Gasteiger partial charge in [-0.05, 0) is 25.5 Å². The van der Waals surface area contributed by atoms with Gasteiger partial charge in [-0.1, -0.05) is 25.1 Å². The Hall–Kier alpha value is -2.10. The van der Waals surface area contributed by atoms with Gasteiger partial charge >= 0.3 is 5.97 Å². The molecule has 1 heterocycles. The van der Waals surface area contributed by atoms with Gasteiger partial charge in [0, 0.05) is 23.3 Å². The summed E-state index contributed by atoms with van der Waals surface area (Å²) in [4.78, 5) is 15.2. The monoisotopic (exact) mass is 258 g/mol. The molecule has 0 saturated heterocycles. The zero-order valence-electron chi connectivity index (χ0n) is 11.2. The van der Waals surface area contributed by atoms with Crippen LogP contribution in [0, 0.1) is 12.8 Å². The Morgan fingerprint density at radius 3 is 2.89 bits per heavy atom. The van der Waals surface area contributed by atoms with Crippen molar-refractivity contribution >= 4 is 22.6 Å². The van der Waals surface area contributed by atoms with Gasteiger partial charge in [0.25, 0.3) is 0 Å². The summed E-state index contributed by atoms with van der Waals surface area (Å²) in [6.07, 6.45) is 0.602. The van der Waals surface area contributed by atoms with Gasteiger partial charge in [-0.3, -0.25) is 9.78 Å². The number of carboxylic acids is 1. The second-order valence-electron chi connectivity index (χ2n) is 4.78. The van der Waals surface area contributed by atoms with Crippen LogP contribution in [0.3, 0.4) is 0 Å². The number of aromatic nitrogens is 1. The molecule has 1 unspecified atom stereocenters. The van der Waals surface area contributed by atoms with Crippen LogP contribution in [-0.4, -0.2) is 22.6 Å². The number of nitrogens with one attached hydrogen (secondary N) is 1. The number of carboxylic acid groups (broad SMARTS) is 1. The van der Waals surface area contributed by atoms with E-state index in [9.17, 15) is 4.79 Å². The largest absolute Gasteiger partial charge is 0.481 e. The molecule has 100 valence electrons. The van der Waals surface area contributed by atoms with Crippen molar-refractivity contribution in [3.8, 4) is 0 Å². The molecule has 0 radical (unpaired) electrons. The van der Waals surface area contributed by atoms with E-state index in [0.29, 0.717) is 13.0 Å². The van der Waals surface area contributed by atoms with Gasteiger partial charge in [0.15, 0.2) is 0 Å². The molecule has 0 amide bonds. The minimum atomic E-state index is -0.752. The number of pyridine rings is 1. The van der Waals surface area contributed by atoms with Crippen LogP contribution in [0.5, 0.6) is 0 Å². The number of benzene rings is 1. The van der Waals surface area contributed by atoms with E-state index in [1.54, 1.807) is 6.92 Å². The highest BCUT2D eigenvalue weighted by Gasteiger charge is 2.10. The van der Waals surface area contributed by atoms with Crippen LogP contribution in [0.2, 0.25) is 0 Å². The van der Waals surface area contributed by atoms with E-state index in [2.05, 4.69) is 10.3 Å². The number of hydrogen-bond acceptors (Lipinski definition) is 3. The molecular weight excluding hydrogens is 240 g/mol. The maximum Gasteiger partial charge on any atom is 0.306 e. The summed E-state index contributed by atoms with van der Waals surface area (Å²) in [6.45, 7) is 4.32. The average Bonchev–Trinajstić information content (AvgIpc) is 2.38. The van der Waals surface area contributed by atoms with E-state index in [0.717, 1.165) is 22.3 Å². The minimum Gasteiger partial charge on any atom is -0.481 e. The molecule has 0 saturated carbocycles. The second-order valence-corrected chi connectivity index (χ2v) is 4.78. The zero-order valence-corrected chi connectivity index (χ0v) is 11.2. The molecule has 0 bridgehead atoms. The van der Waals surface area contributed by atoms with Gasteiger partial charge in [-0.15, -0.1) is 0 Å². The summed E-state index contributed by atoms with van der Waals surface area (Å²) in [5, 5.41) is 13.2. The number of aryl methyl sites for hydroxylation is 1. The Morgan fingerprint density at radius 2 is 2.16 bits per heavy atom. The van der Waals surface area contributed by atoms with Crippen LogP contribution >= 0.6 is 0 Å². The van der Waals surface area contributed by atoms with Crippen molar-refractivity contribution in [2.45, 2.75) is 20.3 Å². The highest BCUT2D eigenvalue weighted by Crippen LogP contribution is 2.22. The first kappa shape index (κ1) is 13.3. The molecule has 2 N–H and O–H groups in total. The third-order valence-corrected chi connectivity index (χ3v) is 3.16. The standard InChI is InChI=1S/C15H18N2O2/c1-10(15(18)19)7-8-16-14-9-11(2)17-13-6-4-3-5-12(13)14/h3-6,9-10H,7-8H2,1-2H3,(H,16,17)(H,18,19). The van der Waals surface area contributed by atoms with E-state index < -0.39 is 5.97 Å². The van der Waals surface area contributed by atoms with Crippen LogP contribution < -0.4 is 5.32 Å². The van der Waals surface area contributed by atoms with Crippen LogP contribution in [-0.2, 0) is 4.79 Å². The lowest BCUT2D eigenvalue weighted by Gasteiger charge is -2.12. The maximum absolute atomic E-state index is 10.8. The lowest BCUT2D eigenvalue weighted by molar-refractivity contribution is -0.141. The molecule has 1 aromatic carbocycles. The molecule has 19 heavy (non-hydrogen) atoms. The first-order valence-electron chi connectivity index (χ1n) is 6.41. The van der Waals surface area contributed by atoms with Crippen molar-refractivity contribution in [3.05, 3.63) is 36.0 Å². The van der Waals surface area contributed by atoms with Gasteiger partial charge < -0.3 is 10.4 Å². The molecule has 1 aromatic heterocycles. The summed E-state index contributed by atoms with van der Waals surface area (Å²) < 4.78 is 0. The number of hydrogen-bond donors (Lipinski definition) is 2.